The summed E-state index contributed by atoms with van der Waals surface area (Å²) in [4.78, 5) is 20.7. The highest BCUT2D eigenvalue weighted by Gasteiger charge is 2.19. The van der Waals surface area contributed by atoms with E-state index in [9.17, 15) is 4.79 Å². The fourth-order valence-electron chi connectivity index (χ4n) is 1.77. The van der Waals surface area contributed by atoms with Crippen LogP contribution in [0.25, 0.3) is 0 Å². The number of carbonyl (C=O) groups is 1. The van der Waals surface area contributed by atoms with E-state index in [4.69, 9.17) is 4.42 Å². The molecule has 1 N–H and O–H groups in total. The van der Waals surface area contributed by atoms with Gasteiger partial charge in [-0.2, -0.15) is 0 Å². The van der Waals surface area contributed by atoms with Gasteiger partial charge in [0.2, 0.25) is 11.8 Å². The molecule has 0 spiro atoms. The summed E-state index contributed by atoms with van der Waals surface area (Å²) in [6.07, 6.45) is 1.59. The molecular formula is C15H21N5O2. The number of hydrogen-bond acceptors (Lipinski definition) is 6. The van der Waals surface area contributed by atoms with E-state index in [0.717, 1.165) is 0 Å². The lowest BCUT2D eigenvalue weighted by Crippen LogP contribution is -2.28. The monoisotopic (exact) mass is 303 g/mol. The number of carbonyl (C=O) groups excluding carboxylic acids is 1. The normalized spacial score (nSPS) is 12.7. The molecule has 22 heavy (non-hydrogen) atoms. The van der Waals surface area contributed by atoms with Crippen LogP contribution in [0.4, 0.5) is 0 Å². The molecule has 0 radical (unpaired) electrons. The van der Waals surface area contributed by atoms with E-state index < -0.39 is 0 Å². The van der Waals surface area contributed by atoms with Crippen molar-refractivity contribution in [2.75, 3.05) is 0 Å². The summed E-state index contributed by atoms with van der Waals surface area (Å²) < 4.78 is 5.54. The van der Waals surface area contributed by atoms with Gasteiger partial charge in [-0.3, -0.25) is 4.79 Å². The van der Waals surface area contributed by atoms with E-state index in [1.165, 1.54) is 0 Å². The van der Waals surface area contributed by atoms with Crippen molar-refractivity contribution in [3.63, 3.8) is 0 Å². The molecule has 0 aliphatic rings. The third kappa shape index (κ3) is 3.66. The lowest BCUT2D eigenvalue weighted by Gasteiger charge is -2.10. The van der Waals surface area contributed by atoms with Gasteiger partial charge in [0.25, 0.3) is 5.91 Å². The summed E-state index contributed by atoms with van der Waals surface area (Å²) in [6, 6.07) is 1.20. The van der Waals surface area contributed by atoms with Gasteiger partial charge in [-0.05, 0) is 13.0 Å². The number of nitrogens with one attached hydrogen (secondary N) is 1. The van der Waals surface area contributed by atoms with E-state index in [0.29, 0.717) is 23.3 Å². The Labute approximate surface area is 129 Å². The zero-order chi connectivity index (χ0) is 16.3. The zero-order valence-corrected chi connectivity index (χ0v) is 13.5. The first kappa shape index (κ1) is 16.1. The number of amides is 1. The SMILES string of the molecule is CC(C)c1nccc(C(=O)N[C@H](C)c2nnc(C(C)C)o2)n1. The third-order valence-corrected chi connectivity index (χ3v) is 3.09. The molecule has 7 heteroatoms. The van der Waals surface area contributed by atoms with Crippen LogP contribution in [0.2, 0.25) is 0 Å². The van der Waals surface area contributed by atoms with Crippen LogP contribution in [0.15, 0.2) is 16.7 Å². The van der Waals surface area contributed by atoms with Crippen LogP contribution >= 0.6 is 0 Å². The van der Waals surface area contributed by atoms with E-state index >= 15 is 0 Å². The minimum absolute atomic E-state index is 0.152. The lowest BCUT2D eigenvalue weighted by atomic mass is 10.2. The molecule has 2 heterocycles. The van der Waals surface area contributed by atoms with Gasteiger partial charge < -0.3 is 9.73 Å². The molecule has 7 nitrogen and oxygen atoms in total. The van der Waals surface area contributed by atoms with E-state index in [1.54, 1.807) is 19.2 Å². The molecule has 1 atom stereocenters. The van der Waals surface area contributed by atoms with Crippen LogP contribution in [0, 0.1) is 0 Å². The highest BCUT2D eigenvalue weighted by Crippen LogP contribution is 2.17. The highest BCUT2D eigenvalue weighted by molar-refractivity contribution is 5.92. The minimum atomic E-state index is -0.384. The number of aromatic nitrogens is 4. The molecule has 0 aromatic carbocycles. The Kier molecular flexibility index (Phi) is 4.85. The molecule has 2 aromatic rings. The van der Waals surface area contributed by atoms with Crippen molar-refractivity contribution < 1.29 is 9.21 Å². The van der Waals surface area contributed by atoms with Gasteiger partial charge in [-0.1, -0.05) is 27.7 Å². The second-order valence-electron chi connectivity index (χ2n) is 5.78. The highest BCUT2D eigenvalue weighted by atomic mass is 16.4. The molecule has 0 aliphatic heterocycles. The van der Waals surface area contributed by atoms with Crippen LogP contribution in [-0.2, 0) is 0 Å². The number of rotatable bonds is 5. The molecule has 2 aromatic heterocycles. The summed E-state index contributed by atoms with van der Waals surface area (Å²) in [5, 5.41) is 10.7. The quantitative estimate of drug-likeness (QED) is 0.912. The second kappa shape index (κ2) is 6.64. The van der Waals surface area contributed by atoms with Crippen LogP contribution < -0.4 is 5.32 Å². The predicted molar refractivity (Wildman–Crippen MR) is 80.4 cm³/mol. The van der Waals surface area contributed by atoms with Crippen molar-refractivity contribution in [2.24, 2.45) is 0 Å². The first-order valence-corrected chi connectivity index (χ1v) is 7.35. The fraction of sp³-hybridized carbons (Fsp3) is 0.533. The molecule has 1 amide bonds. The largest absolute Gasteiger partial charge is 0.423 e. The van der Waals surface area contributed by atoms with Crippen molar-refractivity contribution in [3.05, 3.63) is 35.6 Å². The summed E-state index contributed by atoms with van der Waals surface area (Å²) in [5.74, 6) is 1.60. The maximum absolute atomic E-state index is 12.3. The standard InChI is InChI=1S/C15H21N5O2/c1-8(2)12-16-7-6-11(18-12)13(21)17-10(5)15-20-19-14(22-15)9(3)4/h6-10H,1-5H3,(H,17,21)/t10-/m1/s1. The van der Waals surface area contributed by atoms with Gasteiger partial charge in [0.1, 0.15) is 17.6 Å². The third-order valence-electron chi connectivity index (χ3n) is 3.09. The Bertz CT molecular complexity index is 651. The van der Waals surface area contributed by atoms with Crippen LogP contribution in [0.5, 0.6) is 0 Å². The van der Waals surface area contributed by atoms with E-state index in [-0.39, 0.29) is 23.8 Å². The Balaban J connectivity index is 2.08. The average molecular weight is 303 g/mol. The Morgan fingerprint density at radius 2 is 1.77 bits per heavy atom. The lowest BCUT2D eigenvalue weighted by molar-refractivity contribution is 0.0928. The Hall–Kier alpha value is -2.31. The first-order chi connectivity index (χ1) is 10.4. The average Bonchev–Trinajstić information content (AvgIpc) is 2.97. The van der Waals surface area contributed by atoms with Gasteiger partial charge in [-0.15, -0.1) is 10.2 Å². The second-order valence-corrected chi connectivity index (χ2v) is 5.78. The number of hydrogen-bond donors (Lipinski definition) is 1. The van der Waals surface area contributed by atoms with Crippen LogP contribution in [0.1, 0.15) is 80.6 Å². The van der Waals surface area contributed by atoms with Crippen LogP contribution in [0.3, 0.4) is 0 Å². The topological polar surface area (TPSA) is 93.8 Å². The molecule has 0 aliphatic carbocycles. The summed E-state index contributed by atoms with van der Waals surface area (Å²) in [5.41, 5.74) is 0.328. The van der Waals surface area contributed by atoms with E-state index in [2.05, 4.69) is 25.5 Å². The summed E-state index contributed by atoms with van der Waals surface area (Å²) in [7, 11) is 0. The van der Waals surface area contributed by atoms with Crippen LogP contribution in [-0.4, -0.2) is 26.1 Å². The molecule has 0 bridgehead atoms. The van der Waals surface area contributed by atoms with Crippen molar-refractivity contribution >= 4 is 5.91 Å². The molecule has 0 fully saturated rings. The molecule has 0 unspecified atom stereocenters. The van der Waals surface area contributed by atoms with Crippen molar-refractivity contribution in [3.8, 4) is 0 Å². The molecule has 0 saturated heterocycles. The number of nitrogens with zero attached hydrogens (tertiary/aromatic N) is 4. The maximum Gasteiger partial charge on any atom is 0.270 e. The van der Waals surface area contributed by atoms with Gasteiger partial charge in [0.15, 0.2) is 0 Å². The first-order valence-electron chi connectivity index (χ1n) is 7.35. The van der Waals surface area contributed by atoms with Gasteiger partial charge in [0, 0.05) is 18.0 Å². The molecule has 118 valence electrons. The summed E-state index contributed by atoms with van der Waals surface area (Å²) >= 11 is 0. The zero-order valence-electron chi connectivity index (χ0n) is 13.5. The maximum atomic E-state index is 12.3. The minimum Gasteiger partial charge on any atom is -0.423 e. The molecular weight excluding hydrogens is 282 g/mol. The van der Waals surface area contributed by atoms with Gasteiger partial charge in [0.05, 0.1) is 0 Å². The predicted octanol–water partition coefficient (Wildman–Crippen LogP) is 2.60. The van der Waals surface area contributed by atoms with Crippen molar-refractivity contribution in [2.45, 2.75) is 52.5 Å². The van der Waals surface area contributed by atoms with Crippen molar-refractivity contribution in [1.29, 1.82) is 0 Å². The Morgan fingerprint density at radius 3 is 2.36 bits per heavy atom. The summed E-state index contributed by atoms with van der Waals surface area (Å²) in [6.45, 7) is 9.68. The van der Waals surface area contributed by atoms with Gasteiger partial charge in [-0.25, -0.2) is 9.97 Å². The van der Waals surface area contributed by atoms with Crippen molar-refractivity contribution in [1.82, 2.24) is 25.5 Å². The molecule has 2 rings (SSSR count). The smallest absolute Gasteiger partial charge is 0.270 e. The Morgan fingerprint density at radius 1 is 1.09 bits per heavy atom. The molecule has 0 saturated carbocycles. The van der Waals surface area contributed by atoms with Gasteiger partial charge >= 0.3 is 0 Å². The fourth-order valence-corrected chi connectivity index (χ4v) is 1.77. The van der Waals surface area contributed by atoms with E-state index in [1.807, 2.05) is 27.7 Å².